The molecule has 29 heavy (non-hydrogen) atoms. The average Bonchev–Trinajstić information content (AvgIpc) is 2.75. The molecule has 1 unspecified atom stereocenters. The minimum atomic E-state index is 0.276. The van der Waals surface area contributed by atoms with Crippen LogP contribution in [-0.4, -0.2) is 12.7 Å². The molecule has 0 radical (unpaired) electrons. The van der Waals surface area contributed by atoms with E-state index in [0.29, 0.717) is 5.41 Å². The summed E-state index contributed by atoms with van der Waals surface area (Å²) in [6.07, 6.45) is 28.4. The van der Waals surface area contributed by atoms with Crippen molar-refractivity contribution in [2.45, 2.75) is 156 Å². The van der Waals surface area contributed by atoms with Crippen molar-refractivity contribution in [3.05, 3.63) is 12.7 Å². The summed E-state index contributed by atoms with van der Waals surface area (Å²) >= 11 is 0. The molecule has 0 saturated carbocycles. The van der Waals surface area contributed by atoms with Gasteiger partial charge in [0.1, 0.15) is 0 Å². The molecule has 0 fully saturated rings. The maximum Gasteiger partial charge on any atom is 0.0753 e. The Hall–Kier alpha value is -0.300. The Labute approximate surface area is 185 Å². The van der Waals surface area contributed by atoms with E-state index >= 15 is 0 Å². The van der Waals surface area contributed by atoms with Gasteiger partial charge in [-0.05, 0) is 43.9 Å². The third-order valence-corrected chi connectivity index (χ3v) is 6.72. The molecule has 0 aliphatic carbocycles. The Bertz CT molecular complexity index is 313. The van der Waals surface area contributed by atoms with Crippen LogP contribution in [0.15, 0.2) is 12.7 Å². The van der Waals surface area contributed by atoms with Gasteiger partial charge in [0.05, 0.1) is 6.10 Å². The second kappa shape index (κ2) is 21.0. The number of unbranched alkanes of at least 4 members (excludes halogenated alkanes) is 9. The molecule has 0 amide bonds. The van der Waals surface area contributed by atoms with Crippen molar-refractivity contribution in [3.8, 4) is 0 Å². The highest BCUT2D eigenvalue weighted by atomic mass is 16.5. The highest BCUT2D eigenvalue weighted by molar-refractivity contribution is 4.80. The SMILES string of the molecule is C=CC(CCCCCCCCC(CCCC)(CCCC)CCCC)OCCCC. The van der Waals surface area contributed by atoms with Crippen LogP contribution >= 0.6 is 0 Å². The van der Waals surface area contributed by atoms with Crippen LogP contribution in [0, 0.1) is 5.41 Å². The molecule has 0 saturated heterocycles. The summed E-state index contributed by atoms with van der Waals surface area (Å²) in [6.45, 7) is 14.1. The Morgan fingerprint density at radius 1 is 0.621 bits per heavy atom. The van der Waals surface area contributed by atoms with Crippen molar-refractivity contribution in [2.75, 3.05) is 6.61 Å². The fourth-order valence-corrected chi connectivity index (χ4v) is 4.61. The number of hydrogen-bond donors (Lipinski definition) is 0. The van der Waals surface area contributed by atoms with Gasteiger partial charge in [0.2, 0.25) is 0 Å². The van der Waals surface area contributed by atoms with E-state index in [2.05, 4.69) is 34.3 Å². The molecule has 174 valence electrons. The molecule has 0 rings (SSSR count). The molecule has 0 aliphatic rings. The first-order valence-corrected chi connectivity index (χ1v) is 13.4. The van der Waals surface area contributed by atoms with Crippen LogP contribution in [0.5, 0.6) is 0 Å². The predicted molar refractivity (Wildman–Crippen MR) is 133 cm³/mol. The van der Waals surface area contributed by atoms with E-state index in [4.69, 9.17) is 4.74 Å². The summed E-state index contributed by atoms with van der Waals surface area (Å²) in [5.41, 5.74) is 0.662. The number of rotatable bonds is 23. The summed E-state index contributed by atoms with van der Waals surface area (Å²) in [7, 11) is 0. The Balaban J connectivity index is 4.06. The van der Waals surface area contributed by atoms with Gasteiger partial charge < -0.3 is 4.74 Å². The summed E-state index contributed by atoms with van der Waals surface area (Å²) in [5.74, 6) is 0. The molecule has 1 nitrogen and oxygen atoms in total. The second-order valence-corrected chi connectivity index (χ2v) is 9.47. The third-order valence-electron chi connectivity index (χ3n) is 6.72. The zero-order chi connectivity index (χ0) is 21.6. The molecule has 0 N–H and O–H groups in total. The van der Waals surface area contributed by atoms with Gasteiger partial charge in [0.15, 0.2) is 0 Å². The summed E-state index contributed by atoms with van der Waals surface area (Å²) in [4.78, 5) is 0. The van der Waals surface area contributed by atoms with Gasteiger partial charge in [-0.15, -0.1) is 6.58 Å². The van der Waals surface area contributed by atoms with Gasteiger partial charge in [-0.3, -0.25) is 0 Å². The van der Waals surface area contributed by atoms with E-state index in [1.165, 1.54) is 116 Å². The van der Waals surface area contributed by atoms with E-state index in [0.717, 1.165) is 13.0 Å². The average molecular weight is 409 g/mol. The lowest BCUT2D eigenvalue weighted by atomic mass is 9.71. The van der Waals surface area contributed by atoms with Gasteiger partial charge in [0, 0.05) is 6.61 Å². The molecule has 1 heteroatoms. The summed E-state index contributed by atoms with van der Waals surface area (Å²) in [6, 6.07) is 0. The Morgan fingerprint density at radius 2 is 1.07 bits per heavy atom. The number of ether oxygens (including phenoxy) is 1. The van der Waals surface area contributed by atoms with Crippen LogP contribution in [0.2, 0.25) is 0 Å². The van der Waals surface area contributed by atoms with Crippen molar-refractivity contribution in [3.63, 3.8) is 0 Å². The Kier molecular flexibility index (Phi) is 20.7. The van der Waals surface area contributed by atoms with Crippen LogP contribution in [0.3, 0.4) is 0 Å². The smallest absolute Gasteiger partial charge is 0.0753 e. The van der Waals surface area contributed by atoms with Crippen LogP contribution in [0.1, 0.15) is 150 Å². The van der Waals surface area contributed by atoms with E-state index in [-0.39, 0.29) is 6.10 Å². The van der Waals surface area contributed by atoms with Crippen molar-refractivity contribution in [1.29, 1.82) is 0 Å². The fourth-order valence-electron chi connectivity index (χ4n) is 4.61. The second-order valence-electron chi connectivity index (χ2n) is 9.47. The maximum absolute atomic E-state index is 5.89. The van der Waals surface area contributed by atoms with Gasteiger partial charge in [-0.1, -0.05) is 117 Å². The minimum Gasteiger partial charge on any atom is -0.374 e. The first kappa shape index (κ1) is 28.7. The van der Waals surface area contributed by atoms with E-state index in [1.54, 1.807) is 0 Å². The lowest BCUT2D eigenvalue weighted by Gasteiger charge is -2.35. The predicted octanol–water partition coefficient (Wildman–Crippen LogP) is 10.0. The van der Waals surface area contributed by atoms with E-state index in [1.807, 2.05) is 6.08 Å². The Morgan fingerprint density at radius 3 is 1.55 bits per heavy atom. The molecule has 1 atom stereocenters. The molecule has 0 aromatic rings. The normalized spacial score (nSPS) is 13.0. The molecule has 0 spiro atoms. The standard InChI is InChI=1S/C28H56O/c1-6-11-22-28(23-12-7-2,24-13-8-3)25-20-18-16-15-17-19-21-27(10-5)29-26-14-9-4/h10,27H,5-9,11-26H2,1-4H3. The first-order valence-electron chi connectivity index (χ1n) is 13.4. The molecule has 0 aromatic carbocycles. The lowest BCUT2D eigenvalue weighted by molar-refractivity contribution is 0.0756. The van der Waals surface area contributed by atoms with Gasteiger partial charge in [-0.25, -0.2) is 0 Å². The zero-order valence-corrected chi connectivity index (χ0v) is 20.9. The van der Waals surface area contributed by atoms with Gasteiger partial charge in [-0.2, -0.15) is 0 Å². The molecule has 0 heterocycles. The van der Waals surface area contributed by atoms with Crippen LogP contribution in [-0.2, 0) is 4.74 Å². The van der Waals surface area contributed by atoms with Crippen molar-refractivity contribution >= 4 is 0 Å². The topological polar surface area (TPSA) is 9.23 Å². The molecular formula is C28H56O. The molecule has 0 aliphatic heterocycles. The minimum absolute atomic E-state index is 0.276. The van der Waals surface area contributed by atoms with E-state index in [9.17, 15) is 0 Å². The van der Waals surface area contributed by atoms with Crippen LogP contribution in [0.25, 0.3) is 0 Å². The van der Waals surface area contributed by atoms with Crippen molar-refractivity contribution in [2.24, 2.45) is 5.41 Å². The van der Waals surface area contributed by atoms with Crippen molar-refractivity contribution in [1.82, 2.24) is 0 Å². The van der Waals surface area contributed by atoms with Crippen LogP contribution in [0.4, 0.5) is 0 Å². The number of hydrogen-bond acceptors (Lipinski definition) is 1. The highest BCUT2D eigenvalue weighted by Gasteiger charge is 2.27. The summed E-state index contributed by atoms with van der Waals surface area (Å²) < 4.78 is 5.89. The van der Waals surface area contributed by atoms with E-state index < -0.39 is 0 Å². The quantitative estimate of drug-likeness (QED) is 0.121. The monoisotopic (exact) mass is 408 g/mol. The fraction of sp³-hybridized carbons (Fsp3) is 0.929. The van der Waals surface area contributed by atoms with Crippen LogP contribution < -0.4 is 0 Å². The van der Waals surface area contributed by atoms with Gasteiger partial charge in [0.25, 0.3) is 0 Å². The summed E-state index contributed by atoms with van der Waals surface area (Å²) in [5, 5.41) is 0. The zero-order valence-electron chi connectivity index (χ0n) is 20.9. The molecule has 0 aromatic heterocycles. The molecular weight excluding hydrogens is 352 g/mol. The highest BCUT2D eigenvalue weighted by Crippen LogP contribution is 2.41. The van der Waals surface area contributed by atoms with Gasteiger partial charge >= 0.3 is 0 Å². The lowest BCUT2D eigenvalue weighted by Crippen LogP contribution is -2.21. The molecule has 0 bridgehead atoms. The largest absolute Gasteiger partial charge is 0.374 e. The van der Waals surface area contributed by atoms with Crippen molar-refractivity contribution < 1.29 is 4.74 Å². The maximum atomic E-state index is 5.89. The first-order chi connectivity index (χ1) is 14.2. The third kappa shape index (κ3) is 16.1.